The zero-order valence-electron chi connectivity index (χ0n) is 27.3. The summed E-state index contributed by atoms with van der Waals surface area (Å²) < 4.78 is 113. The van der Waals surface area contributed by atoms with E-state index < -0.39 is 89.7 Å². The fraction of sp³-hybridized carbons (Fsp3) is 0.464. The number of Topliss-reactive ketones (excluding diaryl/α,β-unsaturated/α-hetero) is 1. The van der Waals surface area contributed by atoms with E-state index in [1.807, 2.05) is 6.92 Å². The van der Waals surface area contributed by atoms with E-state index >= 15 is 4.39 Å². The van der Waals surface area contributed by atoms with Crippen molar-refractivity contribution >= 4 is 16.7 Å². The third kappa shape index (κ3) is 4.48. The number of halogens is 3. The van der Waals surface area contributed by atoms with Crippen molar-refractivity contribution in [3.05, 3.63) is 59.0 Å². The summed E-state index contributed by atoms with van der Waals surface area (Å²) in [4.78, 5) is 13.9. The van der Waals surface area contributed by atoms with Crippen LogP contribution >= 0.6 is 0 Å². The first-order valence-corrected chi connectivity index (χ1v) is 11.7. The molecule has 1 saturated carbocycles. The summed E-state index contributed by atoms with van der Waals surface area (Å²) in [6, 6.07) is 1.16. The largest absolute Gasteiger partial charge is 0.586 e. The van der Waals surface area contributed by atoms with Gasteiger partial charge in [0.05, 0.1) is 34.3 Å². The number of benzene rings is 2. The second kappa shape index (κ2) is 8.77. The second-order valence-corrected chi connectivity index (χ2v) is 9.85. The van der Waals surface area contributed by atoms with E-state index in [9.17, 15) is 23.8 Å². The van der Waals surface area contributed by atoms with E-state index in [1.165, 1.54) is 4.57 Å². The van der Waals surface area contributed by atoms with Gasteiger partial charge in [-0.1, -0.05) is 26.8 Å². The van der Waals surface area contributed by atoms with Crippen molar-refractivity contribution in [3.63, 3.8) is 0 Å². The Hall–Kier alpha value is -3.04. The number of nitrogens with zero attached hydrogens (tertiary/aromatic N) is 1. The molecule has 2 aromatic carbocycles. The van der Waals surface area contributed by atoms with Crippen molar-refractivity contribution in [2.75, 3.05) is 6.61 Å². The summed E-state index contributed by atoms with van der Waals surface area (Å²) in [5.74, 6) is -3.54. The first kappa shape index (κ1) is 18.3. The van der Waals surface area contributed by atoms with E-state index in [0.717, 1.165) is 18.2 Å². The maximum atomic E-state index is 16.0. The number of hydrogen-bond donors (Lipinski definition) is 2. The number of fused-ring (bicyclic) bond motifs is 2. The monoisotopic (exact) mass is 524 g/mol. The zero-order valence-corrected chi connectivity index (χ0v) is 20.3. The van der Waals surface area contributed by atoms with Crippen molar-refractivity contribution in [3.8, 4) is 11.5 Å². The lowest BCUT2D eigenvalue weighted by Crippen LogP contribution is -2.26. The molecule has 6 nitrogen and oxygen atoms in total. The van der Waals surface area contributed by atoms with Crippen LogP contribution in [0.1, 0.15) is 66.4 Å². The van der Waals surface area contributed by atoms with Crippen LogP contribution in [0.25, 0.3) is 10.9 Å². The molecule has 2 N–H and O–H groups in total. The van der Waals surface area contributed by atoms with Crippen molar-refractivity contribution in [2.45, 2.75) is 76.1 Å². The predicted molar refractivity (Wildman–Crippen MR) is 131 cm³/mol. The minimum Gasteiger partial charge on any atom is -0.395 e. The number of alkyl halides is 2. The van der Waals surface area contributed by atoms with Gasteiger partial charge < -0.3 is 24.3 Å². The van der Waals surface area contributed by atoms with Crippen LogP contribution < -0.4 is 9.47 Å². The van der Waals surface area contributed by atoms with E-state index in [4.69, 9.17) is 9.60 Å². The minimum absolute atomic E-state index is 0.206. The third-order valence-electron chi connectivity index (χ3n) is 6.88. The maximum Gasteiger partial charge on any atom is 0.586 e. The Morgan fingerprint density at radius 3 is 2.59 bits per heavy atom. The molecule has 1 aromatic heterocycles. The van der Waals surface area contributed by atoms with Crippen LogP contribution in [0.15, 0.2) is 36.3 Å². The normalized spacial score (nSPS) is 23.7. The molecule has 3 aromatic rings. The highest BCUT2D eigenvalue weighted by Gasteiger charge is 2.52. The molecule has 37 heavy (non-hydrogen) atoms. The number of hydrogen-bond acceptors (Lipinski definition) is 5. The smallest absolute Gasteiger partial charge is 0.395 e. The van der Waals surface area contributed by atoms with Gasteiger partial charge in [0.25, 0.3) is 0 Å². The van der Waals surface area contributed by atoms with Crippen LogP contribution in [0.5, 0.6) is 11.5 Å². The Balaban J connectivity index is 1.68. The standard InChI is InChI=1S/C28H30F3NO5/c1-4-26(2,3)24-10-17-9-16(20(29)13-21(17)32(24)14-19(34)15-33)11-25(35)27(7-8-27)18-5-6-22-23(12-18)37-28(30,31)36-22/h5-6,9-10,12-13,19,33-34H,4,7-8,11,14-15H2,1-3H3/t19-/m1/s1/i7D2,8D2,9D,10D,13D. The Bertz CT molecular complexity index is 1690. The molecular weight excluding hydrogens is 487 g/mol. The van der Waals surface area contributed by atoms with Crippen molar-refractivity contribution < 1.29 is 47.2 Å². The number of ether oxygens (including phenoxy) is 2. The maximum absolute atomic E-state index is 16.0. The van der Waals surface area contributed by atoms with Crippen LogP contribution in [0.2, 0.25) is 0 Å². The molecule has 198 valence electrons. The average Bonchev–Trinajstić information content (AvgIpc) is 3.19. The highest BCUT2D eigenvalue weighted by atomic mass is 19.3. The summed E-state index contributed by atoms with van der Waals surface area (Å²) >= 11 is 0. The molecule has 0 amide bonds. The van der Waals surface area contributed by atoms with Gasteiger partial charge in [0.2, 0.25) is 0 Å². The van der Waals surface area contributed by atoms with E-state index in [1.54, 1.807) is 13.8 Å². The molecule has 1 fully saturated rings. The highest BCUT2D eigenvalue weighted by Crippen LogP contribution is 2.52. The van der Waals surface area contributed by atoms with Gasteiger partial charge in [0.15, 0.2) is 11.5 Å². The minimum atomic E-state index is -4.04. The topological polar surface area (TPSA) is 80.9 Å². The number of carbonyl (C=O) groups is 1. The zero-order chi connectivity index (χ0) is 32.9. The summed E-state index contributed by atoms with van der Waals surface area (Å²) in [6.45, 7) is 4.39. The number of aliphatic hydroxyl groups excluding tert-OH is 2. The van der Waals surface area contributed by atoms with E-state index in [-0.39, 0.29) is 34.7 Å². The number of aromatic nitrogens is 1. The van der Waals surface area contributed by atoms with Crippen LogP contribution in [-0.2, 0) is 28.6 Å². The van der Waals surface area contributed by atoms with Crippen molar-refractivity contribution in [2.24, 2.45) is 0 Å². The molecule has 2 heterocycles. The molecule has 0 bridgehead atoms. The average molecular weight is 525 g/mol. The highest BCUT2D eigenvalue weighted by molar-refractivity contribution is 5.95. The van der Waals surface area contributed by atoms with Crippen LogP contribution in [0, 0.1) is 5.82 Å². The molecule has 2 aliphatic rings. The second-order valence-electron chi connectivity index (χ2n) is 9.85. The van der Waals surface area contributed by atoms with E-state index in [0.29, 0.717) is 6.42 Å². The van der Waals surface area contributed by atoms with Crippen molar-refractivity contribution in [1.82, 2.24) is 4.57 Å². The summed E-state index contributed by atoms with van der Waals surface area (Å²) in [5, 5.41) is 19.5. The molecule has 0 unspecified atom stereocenters. The molecule has 9 heteroatoms. The quantitative estimate of drug-likeness (QED) is 0.413. The third-order valence-corrected chi connectivity index (χ3v) is 6.88. The lowest BCUT2D eigenvalue weighted by atomic mass is 9.86. The van der Waals surface area contributed by atoms with Gasteiger partial charge in [-0.2, -0.15) is 0 Å². The number of aliphatic hydroxyl groups is 2. The molecule has 0 spiro atoms. The first-order valence-electron chi connectivity index (χ1n) is 15.2. The predicted octanol–water partition coefficient (Wildman–Crippen LogP) is 4.99. The van der Waals surface area contributed by atoms with Crippen LogP contribution in [0.4, 0.5) is 13.2 Å². The Kier molecular flexibility index (Phi) is 4.33. The lowest BCUT2D eigenvalue weighted by molar-refractivity contribution is -0.286. The molecule has 1 atom stereocenters. The fourth-order valence-corrected chi connectivity index (χ4v) is 4.35. The Morgan fingerprint density at radius 2 is 1.95 bits per heavy atom. The molecular formula is C28H30F3NO5. The Morgan fingerprint density at radius 1 is 1.24 bits per heavy atom. The molecule has 5 rings (SSSR count). The molecule has 0 saturated heterocycles. The number of rotatable bonds is 9. The first-order chi connectivity index (χ1) is 20.2. The summed E-state index contributed by atoms with van der Waals surface area (Å²) in [5.41, 5.74) is -4.38. The molecule has 0 radical (unpaired) electrons. The van der Waals surface area contributed by atoms with Gasteiger partial charge >= 0.3 is 6.29 Å². The summed E-state index contributed by atoms with van der Waals surface area (Å²) in [7, 11) is 0. The lowest BCUT2D eigenvalue weighted by Gasteiger charge is -2.26. The van der Waals surface area contributed by atoms with Gasteiger partial charge in [-0.3, -0.25) is 4.79 Å². The van der Waals surface area contributed by atoms with E-state index in [2.05, 4.69) is 9.47 Å². The number of carbonyl (C=O) groups excluding carboxylic acids is 1. The fourth-order valence-electron chi connectivity index (χ4n) is 4.35. The number of ketones is 1. The van der Waals surface area contributed by atoms with Crippen LogP contribution in [0.3, 0.4) is 0 Å². The molecule has 1 aliphatic carbocycles. The molecule has 1 aliphatic heterocycles. The SMILES string of the molecule is [2H]c1c(CC(=O)C2(c3ccc4c(c3)OC(F)(F)O4)C([2H])([2H])C2([2H])[2H])c(F)c([2H])c2c1c([2H])c(C(C)(C)CC)n2C[C@@H](O)CO. The van der Waals surface area contributed by atoms with Gasteiger partial charge in [-0.25, -0.2) is 4.39 Å². The van der Waals surface area contributed by atoms with Gasteiger partial charge in [-0.15, -0.1) is 8.78 Å². The van der Waals surface area contributed by atoms with Gasteiger partial charge in [0.1, 0.15) is 11.6 Å². The van der Waals surface area contributed by atoms with Crippen molar-refractivity contribution in [1.29, 1.82) is 0 Å². The summed E-state index contributed by atoms with van der Waals surface area (Å²) in [6.07, 6.45) is -11.7. The van der Waals surface area contributed by atoms with Gasteiger partial charge in [-0.05, 0) is 60.6 Å². The van der Waals surface area contributed by atoms with Crippen LogP contribution in [-0.4, -0.2) is 39.6 Å². The van der Waals surface area contributed by atoms with Gasteiger partial charge in [0, 0.05) is 28.4 Å². The Labute approximate surface area is 222 Å².